The molecular formula is C19H32N2. The van der Waals surface area contributed by atoms with E-state index in [1.54, 1.807) is 0 Å². The topological polar surface area (TPSA) is 29.3 Å². The Morgan fingerprint density at radius 1 is 1.19 bits per heavy atom. The second-order valence-corrected chi connectivity index (χ2v) is 7.66. The first-order valence-electron chi connectivity index (χ1n) is 8.39. The van der Waals surface area contributed by atoms with Crippen molar-refractivity contribution in [2.45, 2.75) is 59.4 Å². The second kappa shape index (κ2) is 6.00. The Bertz CT molecular complexity index is 463. The van der Waals surface area contributed by atoms with E-state index in [9.17, 15) is 0 Å². The van der Waals surface area contributed by atoms with Gasteiger partial charge in [-0.05, 0) is 56.6 Å². The van der Waals surface area contributed by atoms with Crippen molar-refractivity contribution in [2.24, 2.45) is 17.1 Å². The van der Waals surface area contributed by atoms with Crippen LogP contribution in [0.3, 0.4) is 0 Å². The summed E-state index contributed by atoms with van der Waals surface area (Å²) in [4.78, 5) is 2.56. The van der Waals surface area contributed by atoms with E-state index in [1.165, 1.54) is 30.5 Å². The van der Waals surface area contributed by atoms with Crippen molar-refractivity contribution in [1.29, 1.82) is 0 Å². The van der Waals surface area contributed by atoms with E-state index in [2.05, 4.69) is 63.8 Å². The molecule has 0 saturated heterocycles. The summed E-state index contributed by atoms with van der Waals surface area (Å²) < 4.78 is 0. The third-order valence-corrected chi connectivity index (χ3v) is 5.56. The fraction of sp³-hybridized carbons (Fsp3) is 0.684. The zero-order chi connectivity index (χ0) is 15.7. The highest BCUT2D eigenvalue weighted by Gasteiger charge is 2.46. The lowest BCUT2D eigenvalue weighted by Crippen LogP contribution is -2.61. The van der Waals surface area contributed by atoms with Crippen LogP contribution in [-0.4, -0.2) is 18.6 Å². The minimum absolute atomic E-state index is 0.111. The molecule has 0 aromatic heterocycles. The highest BCUT2D eigenvalue weighted by atomic mass is 15.2. The summed E-state index contributed by atoms with van der Waals surface area (Å²) in [5.74, 6) is 0.618. The van der Waals surface area contributed by atoms with Crippen molar-refractivity contribution in [3.05, 3.63) is 29.8 Å². The molecule has 0 heterocycles. The third kappa shape index (κ3) is 3.11. The molecule has 1 aliphatic carbocycles. The van der Waals surface area contributed by atoms with Gasteiger partial charge in [0.05, 0.1) is 5.54 Å². The molecule has 1 saturated carbocycles. The maximum absolute atomic E-state index is 6.32. The maximum Gasteiger partial charge on any atom is 0.0549 e. The lowest BCUT2D eigenvalue weighted by atomic mass is 9.63. The molecule has 1 aliphatic rings. The Labute approximate surface area is 130 Å². The average Bonchev–Trinajstić information content (AvgIpc) is 2.43. The zero-order valence-corrected chi connectivity index (χ0v) is 14.4. The first-order chi connectivity index (χ1) is 9.84. The van der Waals surface area contributed by atoms with Crippen LogP contribution in [0.2, 0.25) is 0 Å². The van der Waals surface area contributed by atoms with Crippen LogP contribution in [0, 0.1) is 18.3 Å². The van der Waals surface area contributed by atoms with Gasteiger partial charge in [0.15, 0.2) is 0 Å². The van der Waals surface area contributed by atoms with Gasteiger partial charge in [-0.1, -0.05) is 38.5 Å². The standard InChI is InChI=1S/C19H32N2/c1-6-21(17-9-7-15(2)8-10-17)19(14-20)12-11-18(4,5)13-16(19)3/h7-10,16H,6,11-14,20H2,1-5H3. The molecule has 21 heavy (non-hydrogen) atoms. The van der Waals surface area contributed by atoms with E-state index in [4.69, 9.17) is 5.73 Å². The minimum Gasteiger partial charge on any atom is -0.365 e. The molecule has 2 unspecified atom stereocenters. The van der Waals surface area contributed by atoms with Crippen LogP contribution in [0.4, 0.5) is 5.69 Å². The predicted molar refractivity (Wildman–Crippen MR) is 92.8 cm³/mol. The molecule has 1 fully saturated rings. The number of rotatable bonds is 4. The first kappa shape index (κ1) is 16.4. The molecule has 0 bridgehead atoms. The molecular weight excluding hydrogens is 256 g/mol. The second-order valence-electron chi connectivity index (χ2n) is 7.66. The van der Waals surface area contributed by atoms with Gasteiger partial charge in [-0.25, -0.2) is 0 Å². The minimum atomic E-state index is 0.111. The summed E-state index contributed by atoms with van der Waals surface area (Å²) in [6.45, 7) is 13.3. The van der Waals surface area contributed by atoms with E-state index in [-0.39, 0.29) is 5.54 Å². The van der Waals surface area contributed by atoms with Crippen LogP contribution < -0.4 is 10.6 Å². The lowest BCUT2D eigenvalue weighted by molar-refractivity contribution is 0.100. The number of nitrogens with two attached hydrogens (primary N) is 1. The van der Waals surface area contributed by atoms with E-state index in [0.29, 0.717) is 11.3 Å². The normalized spacial score (nSPS) is 28.4. The van der Waals surface area contributed by atoms with Crippen molar-refractivity contribution >= 4 is 5.69 Å². The number of hydrogen-bond acceptors (Lipinski definition) is 2. The Kier molecular flexibility index (Phi) is 4.67. The van der Waals surface area contributed by atoms with Crippen LogP contribution >= 0.6 is 0 Å². The number of anilines is 1. The molecule has 1 aromatic rings. The highest BCUT2D eigenvalue weighted by Crippen LogP contribution is 2.47. The van der Waals surface area contributed by atoms with E-state index >= 15 is 0 Å². The van der Waals surface area contributed by atoms with Gasteiger partial charge in [0.1, 0.15) is 0 Å². The first-order valence-corrected chi connectivity index (χ1v) is 8.39. The van der Waals surface area contributed by atoms with E-state index < -0.39 is 0 Å². The number of nitrogens with zero attached hydrogens (tertiary/aromatic N) is 1. The van der Waals surface area contributed by atoms with Crippen LogP contribution in [0.25, 0.3) is 0 Å². The number of hydrogen-bond donors (Lipinski definition) is 1. The fourth-order valence-corrected chi connectivity index (χ4v) is 4.22. The Morgan fingerprint density at radius 2 is 1.81 bits per heavy atom. The van der Waals surface area contributed by atoms with Gasteiger partial charge in [0.2, 0.25) is 0 Å². The van der Waals surface area contributed by atoms with Crippen LogP contribution in [0.15, 0.2) is 24.3 Å². The van der Waals surface area contributed by atoms with Crippen molar-refractivity contribution in [2.75, 3.05) is 18.0 Å². The molecule has 0 spiro atoms. The van der Waals surface area contributed by atoms with Gasteiger partial charge in [-0.2, -0.15) is 0 Å². The Hall–Kier alpha value is -1.02. The van der Waals surface area contributed by atoms with Gasteiger partial charge in [0.25, 0.3) is 0 Å². The Balaban J connectivity index is 2.35. The molecule has 2 atom stereocenters. The van der Waals surface area contributed by atoms with Gasteiger partial charge < -0.3 is 10.6 Å². The number of likely N-dealkylation sites (N-methyl/N-ethyl adjacent to an activating group) is 1. The monoisotopic (exact) mass is 288 g/mol. The molecule has 2 N–H and O–H groups in total. The molecule has 2 rings (SSSR count). The van der Waals surface area contributed by atoms with Crippen LogP contribution in [-0.2, 0) is 0 Å². The molecule has 1 aromatic carbocycles. The molecule has 0 aliphatic heterocycles. The van der Waals surface area contributed by atoms with Crippen molar-refractivity contribution in [3.8, 4) is 0 Å². The highest BCUT2D eigenvalue weighted by molar-refractivity contribution is 5.51. The van der Waals surface area contributed by atoms with Gasteiger partial charge in [-0.3, -0.25) is 0 Å². The lowest BCUT2D eigenvalue weighted by Gasteiger charge is -2.54. The van der Waals surface area contributed by atoms with Crippen LogP contribution in [0.1, 0.15) is 52.5 Å². The van der Waals surface area contributed by atoms with E-state index in [1.807, 2.05) is 0 Å². The summed E-state index contributed by atoms with van der Waals surface area (Å²) in [7, 11) is 0. The number of aryl methyl sites for hydroxylation is 1. The molecule has 2 nitrogen and oxygen atoms in total. The summed E-state index contributed by atoms with van der Waals surface area (Å²) in [5, 5.41) is 0. The zero-order valence-electron chi connectivity index (χ0n) is 14.4. The largest absolute Gasteiger partial charge is 0.365 e. The van der Waals surface area contributed by atoms with E-state index in [0.717, 1.165) is 13.1 Å². The summed E-state index contributed by atoms with van der Waals surface area (Å²) in [6.07, 6.45) is 3.71. The van der Waals surface area contributed by atoms with Crippen molar-refractivity contribution < 1.29 is 0 Å². The number of benzene rings is 1. The van der Waals surface area contributed by atoms with Gasteiger partial charge in [0, 0.05) is 18.8 Å². The molecule has 118 valence electrons. The smallest absolute Gasteiger partial charge is 0.0549 e. The van der Waals surface area contributed by atoms with Gasteiger partial charge in [-0.15, -0.1) is 0 Å². The average molecular weight is 288 g/mol. The SMILES string of the molecule is CCN(c1ccc(C)cc1)C1(CN)CCC(C)(C)CC1C. The quantitative estimate of drug-likeness (QED) is 0.891. The molecule has 0 amide bonds. The third-order valence-electron chi connectivity index (χ3n) is 5.56. The predicted octanol–water partition coefficient (Wildman–Crippen LogP) is 4.37. The summed E-state index contributed by atoms with van der Waals surface area (Å²) in [6, 6.07) is 8.92. The Morgan fingerprint density at radius 3 is 2.29 bits per heavy atom. The molecule has 0 radical (unpaired) electrons. The summed E-state index contributed by atoms with van der Waals surface area (Å²) >= 11 is 0. The van der Waals surface area contributed by atoms with Crippen molar-refractivity contribution in [1.82, 2.24) is 0 Å². The summed E-state index contributed by atoms with van der Waals surface area (Å²) in [5.41, 5.74) is 9.51. The van der Waals surface area contributed by atoms with Gasteiger partial charge >= 0.3 is 0 Å². The fourth-order valence-electron chi connectivity index (χ4n) is 4.22. The maximum atomic E-state index is 6.32. The molecule has 2 heteroatoms. The van der Waals surface area contributed by atoms with Crippen LogP contribution in [0.5, 0.6) is 0 Å². The van der Waals surface area contributed by atoms with Crippen molar-refractivity contribution in [3.63, 3.8) is 0 Å².